The number of aryl methyl sites for hydroxylation is 1. The third-order valence-electron chi connectivity index (χ3n) is 3.66. The number of hydrogen-bond acceptors (Lipinski definition) is 6. The van der Waals surface area contributed by atoms with Gasteiger partial charge in [0.25, 0.3) is 17.3 Å². The van der Waals surface area contributed by atoms with Gasteiger partial charge in [0.2, 0.25) is 0 Å². The minimum Gasteiger partial charge on any atom is -0.306 e. The van der Waals surface area contributed by atoms with Crippen molar-refractivity contribution in [2.24, 2.45) is 0 Å². The average molecular weight is 367 g/mol. The van der Waals surface area contributed by atoms with Crippen LogP contribution in [0.4, 0.5) is 17.2 Å². The minimum atomic E-state index is -0.790. The highest BCUT2D eigenvalue weighted by atomic mass is 16.6. The zero-order valence-electron chi connectivity index (χ0n) is 14.0. The number of benzene rings is 2. The lowest BCUT2D eigenvalue weighted by molar-refractivity contribution is -0.394. The molecule has 1 aromatic heterocycles. The molecule has 136 valence electrons. The Morgan fingerprint density at radius 1 is 1.00 bits per heavy atom. The summed E-state index contributed by atoms with van der Waals surface area (Å²) in [6.45, 7) is 1.74. The van der Waals surface area contributed by atoms with E-state index in [0.29, 0.717) is 17.2 Å². The van der Waals surface area contributed by atoms with Crippen molar-refractivity contribution in [3.8, 4) is 5.69 Å². The van der Waals surface area contributed by atoms with Gasteiger partial charge in [0.15, 0.2) is 0 Å². The van der Waals surface area contributed by atoms with Gasteiger partial charge in [-0.15, -0.1) is 0 Å². The smallest absolute Gasteiger partial charge is 0.277 e. The maximum Gasteiger partial charge on any atom is 0.277 e. The van der Waals surface area contributed by atoms with Crippen molar-refractivity contribution in [2.75, 3.05) is 5.32 Å². The molecule has 1 heterocycles. The van der Waals surface area contributed by atoms with Crippen molar-refractivity contribution >= 4 is 23.1 Å². The monoisotopic (exact) mass is 367 g/mol. The summed E-state index contributed by atoms with van der Waals surface area (Å²) in [7, 11) is 0. The van der Waals surface area contributed by atoms with E-state index >= 15 is 0 Å². The van der Waals surface area contributed by atoms with Crippen LogP contribution in [0.2, 0.25) is 0 Å². The average Bonchev–Trinajstić information content (AvgIpc) is 3.02. The Hall–Kier alpha value is -4.08. The van der Waals surface area contributed by atoms with Crippen LogP contribution in [0.5, 0.6) is 0 Å². The van der Waals surface area contributed by atoms with Gasteiger partial charge in [0, 0.05) is 18.2 Å². The van der Waals surface area contributed by atoms with E-state index < -0.39 is 27.1 Å². The second-order valence-electron chi connectivity index (χ2n) is 5.62. The number of carbonyl (C=O) groups is 1. The van der Waals surface area contributed by atoms with Crippen LogP contribution in [-0.4, -0.2) is 25.5 Å². The molecule has 2 aromatic carbocycles. The molecule has 3 rings (SSSR count). The second kappa shape index (κ2) is 7.04. The zero-order valence-corrected chi connectivity index (χ0v) is 14.0. The quantitative estimate of drug-likeness (QED) is 0.543. The van der Waals surface area contributed by atoms with E-state index in [1.807, 2.05) is 18.2 Å². The Kier molecular flexibility index (Phi) is 4.62. The maximum absolute atomic E-state index is 12.6. The summed E-state index contributed by atoms with van der Waals surface area (Å²) in [5, 5.41) is 28.9. The molecule has 0 bridgehead atoms. The van der Waals surface area contributed by atoms with Crippen molar-refractivity contribution in [2.45, 2.75) is 6.92 Å². The molecule has 1 amide bonds. The highest BCUT2D eigenvalue weighted by molar-refractivity contribution is 6.04. The number of aromatic nitrogens is 2. The minimum absolute atomic E-state index is 0.200. The van der Waals surface area contributed by atoms with Gasteiger partial charge in [-0.05, 0) is 19.1 Å². The van der Waals surface area contributed by atoms with Crippen molar-refractivity contribution < 1.29 is 14.6 Å². The summed E-state index contributed by atoms with van der Waals surface area (Å²) in [5.74, 6) is -0.392. The van der Waals surface area contributed by atoms with Crippen LogP contribution in [0.3, 0.4) is 0 Å². The van der Waals surface area contributed by atoms with E-state index in [-0.39, 0.29) is 5.56 Å². The summed E-state index contributed by atoms with van der Waals surface area (Å²) < 4.78 is 1.50. The lowest BCUT2D eigenvalue weighted by atomic mass is 10.1. The predicted octanol–water partition coefficient (Wildman–Crippen LogP) is 3.25. The summed E-state index contributed by atoms with van der Waals surface area (Å²) in [4.78, 5) is 33.0. The van der Waals surface area contributed by atoms with E-state index in [1.54, 1.807) is 25.1 Å². The molecule has 0 unspecified atom stereocenters. The topological polar surface area (TPSA) is 133 Å². The number of nitro groups is 2. The number of nitro benzene ring substituents is 2. The molecule has 0 fully saturated rings. The van der Waals surface area contributed by atoms with Gasteiger partial charge in [-0.25, -0.2) is 4.68 Å². The highest BCUT2D eigenvalue weighted by Gasteiger charge is 2.21. The molecule has 0 saturated carbocycles. The zero-order chi connectivity index (χ0) is 19.6. The molecule has 0 aliphatic carbocycles. The van der Waals surface area contributed by atoms with Crippen LogP contribution in [0, 0.1) is 27.2 Å². The Morgan fingerprint density at radius 3 is 2.15 bits per heavy atom. The number of anilines is 1. The number of amides is 1. The number of rotatable bonds is 5. The first-order valence-corrected chi connectivity index (χ1v) is 7.72. The SMILES string of the molecule is Cc1cc(NC(=O)c2cc([N+](=O)[O-])cc([N+](=O)[O-])c2)n(-c2ccccc2)n1. The summed E-state index contributed by atoms with van der Waals surface area (Å²) >= 11 is 0. The fourth-order valence-electron chi connectivity index (χ4n) is 2.48. The van der Waals surface area contributed by atoms with E-state index in [2.05, 4.69) is 10.4 Å². The third-order valence-corrected chi connectivity index (χ3v) is 3.66. The molecule has 0 radical (unpaired) electrons. The van der Waals surface area contributed by atoms with Crippen LogP contribution in [-0.2, 0) is 0 Å². The lowest BCUT2D eigenvalue weighted by Gasteiger charge is -2.09. The number of para-hydroxylation sites is 1. The highest BCUT2D eigenvalue weighted by Crippen LogP contribution is 2.24. The van der Waals surface area contributed by atoms with Gasteiger partial charge in [-0.1, -0.05) is 18.2 Å². The maximum atomic E-state index is 12.6. The normalized spacial score (nSPS) is 10.4. The molecule has 0 aliphatic heterocycles. The molecule has 10 heteroatoms. The molecule has 27 heavy (non-hydrogen) atoms. The van der Waals surface area contributed by atoms with Gasteiger partial charge in [0.1, 0.15) is 5.82 Å². The van der Waals surface area contributed by atoms with Gasteiger partial charge < -0.3 is 5.32 Å². The molecule has 0 spiro atoms. The van der Waals surface area contributed by atoms with Crippen LogP contribution in [0.15, 0.2) is 54.6 Å². The largest absolute Gasteiger partial charge is 0.306 e. The molecule has 3 aromatic rings. The second-order valence-corrected chi connectivity index (χ2v) is 5.62. The summed E-state index contributed by atoms with van der Waals surface area (Å²) in [6.07, 6.45) is 0. The molecule has 0 saturated heterocycles. The Morgan fingerprint density at radius 2 is 1.59 bits per heavy atom. The van der Waals surface area contributed by atoms with E-state index in [9.17, 15) is 25.0 Å². The number of non-ortho nitro benzene ring substituents is 2. The van der Waals surface area contributed by atoms with Crippen molar-refractivity contribution in [1.29, 1.82) is 0 Å². The standard InChI is InChI=1S/C17H13N5O5/c1-11-7-16(20(19-11)13-5-3-2-4-6-13)18-17(23)12-8-14(21(24)25)10-15(9-12)22(26)27/h2-10H,1H3,(H,18,23). The molecule has 1 N–H and O–H groups in total. The number of nitrogens with zero attached hydrogens (tertiary/aromatic N) is 4. The summed E-state index contributed by atoms with van der Waals surface area (Å²) in [6, 6.07) is 13.4. The molecular formula is C17H13N5O5. The number of nitrogens with one attached hydrogen (secondary N) is 1. The predicted molar refractivity (Wildman–Crippen MR) is 96.0 cm³/mol. The van der Waals surface area contributed by atoms with Gasteiger partial charge in [-0.2, -0.15) is 5.10 Å². The Labute approximate surface area is 152 Å². The molecular weight excluding hydrogens is 354 g/mol. The fourth-order valence-corrected chi connectivity index (χ4v) is 2.48. The van der Waals surface area contributed by atoms with E-state index in [1.165, 1.54) is 4.68 Å². The first-order chi connectivity index (χ1) is 12.8. The molecule has 0 atom stereocenters. The number of hydrogen-bond donors (Lipinski definition) is 1. The van der Waals surface area contributed by atoms with Crippen LogP contribution < -0.4 is 5.32 Å². The van der Waals surface area contributed by atoms with Gasteiger partial charge in [0.05, 0.1) is 32.9 Å². The third kappa shape index (κ3) is 3.79. The van der Waals surface area contributed by atoms with Crippen molar-refractivity contribution in [3.63, 3.8) is 0 Å². The van der Waals surface area contributed by atoms with Crippen LogP contribution in [0.1, 0.15) is 16.1 Å². The Balaban J connectivity index is 1.97. The molecule has 10 nitrogen and oxygen atoms in total. The van der Waals surface area contributed by atoms with Crippen LogP contribution in [0.25, 0.3) is 5.69 Å². The van der Waals surface area contributed by atoms with E-state index in [0.717, 1.165) is 18.2 Å². The lowest BCUT2D eigenvalue weighted by Crippen LogP contribution is -2.15. The first-order valence-electron chi connectivity index (χ1n) is 7.72. The van der Waals surface area contributed by atoms with Crippen molar-refractivity contribution in [1.82, 2.24) is 9.78 Å². The van der Waals surface area contributed by atoms with Gasteiger partial charge in [-0.3, -0.25) is 25.0 Å². The fraction of sp³-hybridized carbons (Fsp3) is 0.0588. The Bertz CT molecular complexity index is 1010. The van der Waals surface area contributed by atoms with E-state index in [4.69, 9.17) is 0 Å². The van der Waals surface area contributed by atoms with Gasteiger partial charge >= 0.3 is 0 Å². The van der Waals surface area contributed by atoms with Crippen molar-refractivity contribution in [3.05, 3.63) is 86.1 Å². The summed E-state index contributed by atoms with van der Waals surface area (Å²) in [5.41, 5.74) is 0.0589. The first kappa shape index (κ1) is 17.7. The number of carbonyl (C=O) groups excluding carboxylic acids is 1. The molecule has 0 aliphatic rings. The van der Waals surface area contributed by atoms with Crippen LogP contribution >= 0.6 is 0 Å².